The fraction of sp³-hybridized carbons (Fsp3) is 0.200. The molecule has 22 heavy (non-hydrogen) atoms. The van der Waals surface area contributed by atoms with Gasteiger partial charge in [0.1, 0.15) is 11.5 Å². The van der Waals surface area contributed by atoms with E-state index in [1.165, 1.54) is 12.1 Å². The van der Waals surface area contributed by atoms with Crippen molar-refractivity contribution in [3.63, 3.8) is 0 Å². The van der Waals surface area contributed by atoms with Crippen LogP contribution >= 0.6 is 11.8 Å². The number of carbonyl (C=O) groups excluding carboxylic acids is 1. The van der Waals surface area contributed by atoms with Crippen molar-refractivity contribution in [1.82, 2.24) is 4.98 Å². The molecule has 1 amide bonds. The Kier molecular flexibility index (Phi) is 3.81. The van der Waals surface area contributed by atoms with Gasteiger partial charge < -0.3 is 5.32 Å². The SMILES string of the molecule is Cc1nc(NC(=O)[C@@H]2CSc3ccccc32)ccc1[N+](=O)[O-]. The number of benzene rings is 1. The molecule has 1 N–H and O–H groups in total. The maximum absolute atomic E-state index is 12.4. The molecule has 0 saturated carbocycles. The summed E-state index contributed by atoms with van der Waals surface area (Å²) in [6.07, 6.45) is 0. The van der Waals surface area contributed by atoms with Crippen molar-refractivity contribution in [2.24, 2.45) is 0 Å². The minimum Gasteiger partial charge on any atom is -0.310 e. The summed E-state index contributed by atoms with van der Waals surface area (Å²) < 4.78 is 0. The van der Waals surface area contributed by atoms with E-state index in [9.17, 15) is 14.9 Å². The predicted molar refractivity (Wildman–Crippen MR) is 84.2 cm³/mol. The van der Waals surface area contributed by atoms with Crippen molar-refractivity contribution in [3.05, 3.63) is 57.8 Å². The van der Waals surface area contributed by atoms with E-state index in [1.54, 1.807) is 18.7 Å². The van der Waals surface area contributed by atoms with Crippen LogP contribution in [-0.4, -0.2) is 21.6 Å². The maximum Gasteiger partial charge on any atom is 0.290 e. The van der Waals surface area contributed by atoms with Crippen molar-refractivity contribution in [2.45, 2.75) is 17.7 Å². The highest BCUT2D eigenvalue weighted by molar-refractivity contribution is 7.99. The first-order valence-corrected chi connectivity index (χ1v) is 7.69. The molecule has 0 unspecified atom stereocenters. The summed E-state index contributed by atoms with van der Waals surface area (Å²) >= 11 is 1.65. The van der Waals surface area contributed by atoms with Crippen molar-refractivity contribution in [2.75, 3.05) is 11.1 Å². The average molecular weight is 315 g/mol. The van der Waals surface area contributed by atoms with E-state index in [-0.39, 0.29) is 23.2 Å². The Morgan fingerprint density at radius 1 is 1.36 bits per heavy atom. The number of aryl methyl sites for hydroxylation is 1. The molecular weight excluding hydrogens is 302 g/mol. The smallest absolute Gasteiger partial charge is 0.290 e. The van der Waals surface area contributed by atoms with Crippen LogP contribution in [0.3, 0.4) is 0 Å². The highest BCUT2D eigenvalue weighted by atomic mass is 32.2. The van der Waals surface area contributed by atoms with Gasteiger partial charge in [-0.15, -0.1) is 11.8 Å². The number of fused-ring (bicyclic) bond motifs is 1. The zero-order valence-electron chi connectivity index (χ0n) is 11.8. The molecule has 2 heterocycles. The number of nitrogens with one attached hydrogen (secondary N) is 1. The van der Waals surface area contributed by atoms with Crippen LogP contribution in [0.25, 0.3) is 0 Å². The Morgan fingerprint density at radius 3 is 2.86 bits per heavy atom. The Labute approximate surface area is 131 Å². The summed E-state index contributed by atoms with van der Waals surface area (Å²) in [7, 11) is 0. The van der Waals surface area contributed by atoms with E-state index in [0.717, 1.165) is 10.5 Å². The highest BCUT2D eigenvalue weighted by Gasteiger charge is 2.29. The second kappa shape index (κ2) is 5.76. The number of carbonyl (C=O) groups is 1. The summed E-state index contributed by atoms with van der Waals surface area (Å²) in [6, 6.07) is 10.6. The van der Waals surface area contributed by atoms with Gasteiger partial charge in [0.05, 0.1) is 10.8 Å². The van der Waals surface area contributed by atoms with Gasteiger partial charge in [-0.3, -0.25) is 14.9 Å². The molecule has 1 atom stereocenters. The molecule has 0 fully saturated rings. The molecule has 1 aromatic heterocycles. The van der Waals surface area contributed by atoms with Crippen molar-refractivity contribution < 1.29 is 9.72 Å². The lowest BCUT2D eigenvalue weighted by molar-refractivity contribution is -0.385. The Hall–Kier alpha value is -2.41. The van der Waals surface area contributed by atoms with Gasteiger partial charge in [0.25, 0.3) is 5.69 Å². The summed E-state index contributed by atoms with van der Waals surface area (Å²) in [6.45, 7) is 1.55. The van der Waals surface area contributed by atoms with Crippen LogP contribution < -0.4 is 5.32 Å². The number of pyridine rings is 1. The standard InChI is InChI=1S/C15H13N3O3S/c1-9-12(18(20)21)6-7-14(16-9)17-15(19)11-8-22-13-5-3-2-4-10(11)13/h2-7,11H,8H2,1H3,(H,16,17,19)/t11-/m1/s1. The van der Waals surface area contributed by atoms with E-state index in [0.29, 0.717) is 11.6 Å². The van der Waals surface area contributed by atoms with Gasteiger partial charge in [-0.05, 0) is 24.6 Å². The van der Waals surface area contributed by atoms with Gasteiger partial charge in [-0.25, -0.2) is 4.98 Å². The largest absolute Gasteiger partial charge is 0.310 e. The van der Waals surface area contributed by atoms with E-state index in [1.807, 2.05) is 24.3 Å². The topological polar surface area (TPSA) is 85.1 Å². The Morgan fingerprint density at radius 2 is 2.14 bits per heavy atom. The van der Waals surface area contributed by atoms with Crippen molar-refractivity contribution >= 4 is 29.2 Å². The Bertz CT molecular complexity index is 763. The molecule has 0 spiro atoms. The Balaban J connectivity index is 1.78. The lowest BCUT2D eigenvalue weighted by atomic mass is 10.0. The van der Waals surface area contributed by atoms with E-state index in [2.05, 4.69) is 10.3 Å². The van der Waals surface area contributed by atoms with Crippen LogP contribution in [-0.2, 0) is 4.79 Å². The molecule has 0 saturated heterocycles. The van der Waals surface area contributed by atoms with Crippen molar-refractivity contribution in [1.29, 1.82) is 0 Å². The normalized spacial score (nSPS) is 16.1. The third-order valence-electron chi connectivity index (χ3n) is 3.52. The van der Waals surface area contributed by atoms with Crippen LogP contribution in [0.15, 0.2) is 41.3 Å². The first kappa shape index (κ1) is 14.5. The number of hydrogen-bond donors (Lipinski definition) is 1. The average Bonchev–Trinajstić information content (AvgIpc) is 2.91. The number of aromatic nitrogens is 1. The number of rotatable bonds is 3. The van der Waals surface area contributed by atoms with Gasteiger partial charge in [0, 0.05) is 16.7 Å². The highest BCUT2D eigenvalue weighted by Crippen LogP contribution is 2.39. The zero-order valence-corrected chi connectivity index (χ0v) is 12.6. The van der Waals surface area contributed by atoms with Gasteiger partial charge in [-0.2, -0.15) is 0 Å². The third-order valence-corrected chi connectivity index (χ3v) is 4.71. The van der Waals surface area contributed by atoms with Crippen LogP contribution in [0, 0.1) is 17.0 Å². The molecule has 2 aromatic rings. The second-order valence-electron chi connectivity index (χ2n) is 4.95. The minimum atomic E-state index is -0.488. The molecule has 0 aliphatic carbocycles. The second-order valence-corrected chi connectivity index (χ2v) is 6.01. The number of anilines is 1. The third kappa shape index (κ3) is 2.67. The molecule has 112 valence electrons. The van der Waals surface area contributed by atoms with Crippen LogP contribution in [0.1, 0.15) is 17.2 Å². The van der Waals surface area contributed by atoms with E-state index in [4.69, 9.17) is 0 Å². The zero-order chi connectivity index (χ0) is 15.7. The maximum atomic E-state index is 12.4. The molecular formula is C15H13N3O3S. The number of nitrogens with zero attached hydrogens (tertiary/aromatic N) is 2. The van der Waals surface area contributed by atoms with Gasteiger partial charge >= 0.3 is 0 Å². The lowest BCUT2D eigenvalue weighted by Crippen LogP contribution is -2.21. The summed E-state index contributed by atoms with van der Waals surface area (Å²) in [4.78, 5) is 27.9. The van der Waals surface area contributed by atoms with Crippen molar-refractivity contribution in [3.8, 4) is 0 Å². The lowest BCUT2D eigenvalue weighted by Gasteiger charge is -2.11. The first-order valence-electron chi connectivity index (χ1n) is 6.71. The molecule has 1 aliphatic rings. The molecule has 0 bridgehead atoms. The molecule has 0 radical (unpaired) electrons. The minimum absolute atomic E-state index is 0.0558. The molecule has 1 aliphatic heterocycles. The number of nitro groups is 1. The molecule has 7 heteroatoms. The molecule has 1 aromatic carbocycles. The van der Waals surface area contributed by atoms with E-state index < -0.39 is 4.92 Å². The fourth-order valence-corrected chi connectivity index (χ4v) is 3.64. The number of amides is 1. The first-order chi connectivity index (χ1) is 10.6. The van der Waals surface area contributed by atoms with Gasteiger partial charge in [0.15, 0.2) is 0 Å². The fourth-order valence-electron chi connectivity index (χ4n) is 2.41. The van der Waals surface area contributed by atoms with Gasteiger partial charge in [-0.1, -0.05) is 18.2 Å². The van der Waals surface area contributed by atoms with Gasteiger partial charge in [0.2, 0.25) is 5.91 Å². The van der Waals surface area contributed by atoms with Crippen LogP contribution in [0.5, 0.6) is 0 Å². The summed E-state index contributed by atoms with van der Waals surface area (Å²) in [5, 5.41) is 13.5. The van der Waals surface area contributed by atoms with Crippen LogP contribution in [0.2, 0.25) is 0 Å². The molecule has 3 rings (SSSR count). The number of hydrogen-bond acceptors (Lipinski definition) is 5. The van der Waals surface area contributed by atoms with Crippen LogP contribution in [0.4, 0.5) is 11.5 Å². The number of thioether (sulfide) groups is 1. The van der Waals surface area contributed by atoms with E-state index >= 15 is 0 Å². The summed E-state index contributed by atoms with van der Waals surface area (Å²) in [5.74, 6) is 0.663. The summed E-state index contributed by atoms with van der Waals surface area (Å²) in [5.41, 5.74) is 1.24. The monoisotopic (exact) mass is 315 g/mol. The quantitative estimate of drug-likeness (QED) is 0.695. The predicted octanol–water partition coefficient (Wildman–Crippen LogP) is 3.13. The molecule has 6 nitrogen and oxygen atoms in total.